The monoisotopic (exact) mass is 433 g/mol. The van der Waals surface area contributed by atoms with Gasteiger partial charge in [-0.25, -0.2) is 4.39 Å². The Labute approximate surface area is 183 Å². The predicted octanol–water partition coefficient (Wildman–Crippen LogP) is 2.71. The molecule has 0 radical (unpaired) electrons. The fourth-order valence-corrected chi connectivity index (χ4v) is 3.17. The fraction of sp³-hybridized carbons (Fsp3) is 0.478. The maximum Gasteiger partial charge on any atom is 0.254 e. The molecule has 0 saturated carbocycles. The van der Waals surface area contributed by atoms with Crippen LogP contribution in [0, 0.1) is 5.82 Å². The van der Waals surface area contributed by atoms with Gasteiger partial charge in [0.15, 0.2) is 0 Å². The van der Waals surface area contributed by atoms with E-state index < -0.39 is 5.82 Å². The molecule has 2 aromatic rings. The largest absolute Gasteiger partial charge is 0.383 e. The van der Waals surface area contributed by atoms with E-state index in [1.54, 1.807) is 18.1 Å². The van der Waals surface area contributed by atoms with Crippen LogP contribution in [-0.2, 0) is 27.9 Å². The number of hydrogen-bond donors (Lipinski definition) is 0. The van der Waals surface area contributed by atoms with Crippen molar-refractivity contribution in [1.29, 1.82) is 0 Å². The van der Waals surface area contributed by atoms with E-state index in [0.29, 0.717) is 45.9 Å². The zero-order chi connectivity index (χ0) is 22.6. The van der Waals surface area contributed by atoms with Gasteiger partial charge in [0.25, 0.3) is 5.91 Å². The standard InChI is InChI=1S/C23H32FN3O4/c1-4-31-14-7-12-27(23(29)19-8-5-9-20(24)16-19)18-22(28)26(13-15-30-3)17-21-10-6-11-25(21)2/h5-6,8-11,16H,4,7,12-15,17-18H2,1-3H3. The Morgan fingerprint density at radius 2 is 1.90 bits per heavy atom. The van der Waals surface area contributed by atoms with E-state index in [1.807, 2.05) is 36.9 Å². The molecule has 0 N–H and O–H groups in total. The summed E-state index contributed by atoms with van der Waals surface area (Å²) in [6.45, 7) is 4.40. The maximum atomic E-state index is 13.6. The van der Waals surface area contributed by atoms with Gasteiger partial charge in [-0.05, 0) is 43.7 Å². The molecule has 0 atom stereocenters. The number of hydrogen-bond acceptors (Lipinski definition) is 4. The number of amides is 2. The Balaban J connectivity index is 2.15. The van der Waals surface area contributed by atoms with Crippen LogP contribution in [-0.4, -0.2) is 72.7 Å². The Morgan fingerprint density at radius 1 is 1.10 bits per heavy atom. The van der Waals surface area contributed by atoms with Gasteiger partial charge >= 0.3 is 0 Å². The van der Waals surface area contributed by atoms with Crippen molar-refractivity contribution in [3.63, 3.8) is 0 Å². The molecule has 0 spiro atoms. The highest BCUT2D eigenvalue weighted by molar-refractivity contribution is 5.96. The molecule has 0 aliphatic carbocycles. The van der Waals surface area contributed by atoms with Crippen LogP contribution in [0.1, 0.15) is 29.4 Å². The van der Waals surface area contributed by atoms with Crippen molar-refractivity contribution >= 4 is 11.8 Å². The van der Waals surface area contributed by atoms with E-state index in [0.717, 1.165) is 5.69 Å². The molecule has 7 nitrogen and oxygen atoms in total. The summed E-state index contributed by atoms with van der Waals surface area (Å²) < 4.78 is 26.1. The van der Waals surface area contributed by atoms with Gasteiger partial charge in [0.2, 0.25) is 5.91 Å². The molecule has 1 aromatic carbocycles. The summed E-state index contributed by atoms with van der Waals surface area (Å²) in [5.74, 6) is -1.06. The predicted molar refractivity (Wildman–Crippen MR) is 116 cm³/mol. The number of ether oxygens (including phenoxy) is 2. The summed E-state index contributed by atoms with van der Waals surface area (Å²) in [4.78, 5) is 29.3. The third kappa shape index (κ3) is 7.80. The van der Waals surface area contributed by atoms with Crippen molar-refractivity contribution < 1.29 is 23.5 Å². The molecule has 170 valence electrons. The lowest BCUT2D eigenvalue weighted by molar-refractivity contribution is -0.133. The topological polar surface area (TPSA) is 64.0 Å². The van der Waals surface area contributed by atoms with Gasteiger partial charge in [0, 0.05) is 57.9 Å². The third-order valence-electron chi connectivity index (χ3n) is 4.93. The van der Waals surface area contributed by atoms with Gasteiger partial charge in [-0.2, -0.15) is 0 Å². The lowest BCUT2D eigenvalue weighted by Crippen LogP contribution is -2.44. The van der Waals surface area contributed by atoms with Crippen LogP contribution in [0.15, 0.2) is 42.6 Å². The lowest BCUT2D eigenvalue weighted by Gasteiger charge is -2.28. The summed E-state index contributed by atoms with van der Waals surface area (Å²) >= 11 is 0. The van der Waals surface area contributed by atoms with E-state index in [2.05, 4.69) is 0 Å². The molecule has 1 heterocycles. The molecular formula is C23H32FN3O4. The van der Waals surface area contributed by atoms with Crippen LogP contribution in [0.2, 0.25) is 0 Å². The number of nitrogens with zero attached hydrogens (tertiary/aromatic N) is 3. The molecule has 0 saturated heterocycles. The van der Waals surface area contributed by atoms with Crippen molar-refractivity contribution in [3.8, 4) is 0 Å². The second-order valence-electron chi connectivity index (χ2n) is 7.21. The summed E-state index contributed by atoms with van der Waals surface area (Å²) in [5, 5.41) is 0. The number of carbonyl (C=O) groups is 2. The van der Waals surface area contributed by atoms with Gasteiger partial charge in [-0.15, -0.1) is 0 Å². The molecule has 31 heavy (non-hydrogen) atoms. The zero-order valence-corrected chi connectivity index (χ0v) is 18.6. The number of halogens is 1. The number of carbonyl (C=O) groups excluding carboxylic acids is 2. The first-order chi connectivity index (χ1) is 15.0. The van der Waals surface area contributed by atoms with Crippen LogP contribution in [0.25, 0.3) is 0 Å². The first-order valence-electron chi connectivity index (χ1n) is 10.5. The van der Waals surface area contributed by atoms with Gasteiger partial charge < -0.3 is 23.8 Å². The molecule has 0 fully saturated rings. The Kier molecular flexibility index (Phi) is 10.2. The van der Waals surface area contributed by atoms with Crippen LogP contribution in [0.3, 0.4) is 0 Å². The Hall–Kier alpha value is -2.71. The molecule has 2 rings (SSSR count). The Bertz CT molecular complexity index is 840. The van der Waals surface area contributed by atoms with E-state index in [9.17, 15) is 14.0 Å². The van der Waals surface area contributed by atoms with Gasteiger partial charge in [0.05, 0.1) is 13.2 Å². The number of aryl methyl sites for hydroxylation is 1. The van der Waals surface area contributed by atoms with Crippen molar-refractivity contribution in [1.82, 2.24) is 14.4 Å². The number of methoxy groups -OCH3 is 1. The lowest BCUT2D eigenvalue weighted by atomic mass is 10.2. The number of aromatic nitrogens is 1. The van der Waals surface area contributed by atoms with E-state index >= 15 is 0 Å². The zero-order valence-electron chi connectivity index (χ0n) is 18.6. The minimum absolute atomic E-state index is 0.102. The first-order valence-corrected chi connectivity index (χ1v) is 10.5. The van der Waals surface area contributed by atoms with Gasteiger partial charge in [-0.1, -0.05) is 6.07 Å². The Morgan fingerprint density at radius 3 is 2.55 bits per heavy atom. The molecule has 0 bridgehead atoms. The normalized spacial score (nSPS) is 10.8. The molecule has 1 aromatic heterocycles. The molecule has 0 aliphatic heterocycles. The second kappa shape index (κ2) is 12.9. The fourth-order valence-electron chi connectivity index (χ4n) is 3.17. The van der Waals surface area contributed by atoms with Crippen LogP contribution >= 0.6 is 0 Å². The quantitative estimate of drug-likeness (QED) is 0.456. The van der Waals surface area contributed by atoms with E-state index in [4.69, 9.17) is 9.47 Å². The molecule has 0 aliphatic rings. The SMILES string of the molecule is CCOCCCN(CC(=O)N(CCOC)Cc1cccn1C)C(=O)c1cccc(F)c1. The average molecular weight is 434 g/mol. The maximum absolute atomic E-state index is 13.6. The highest BCUT2D eigenvalue weighted by atomic mass is 19.1. The number of rotatable bonds is 13. The smallest absolute Gasteiger partial charge is 0.254 e. The van der Waals surface area contributed by atoms with Crippen LogP contribution < -0.4 is 0 Å². The van der Waals surface area contributed by atoms with Gasteiger partial charge in [0.1, 0.15) is 12.4 Å². The summed E-state index contributed by atoms with van der Waals surface area (Å²) in [5.41, 5.74) is 1.19. The number of benzene rings is 1. The second-order valence-corrected chi connectivity index (χ2v) is 7.21. The van der Waals surface area contributed by atoms with E-state index in [-0.39, 0.29) is 23.9 Å². The summed E-state index contributed by atoms with van der Waals surface area (Å²) in [6, 6.07) is 9.39. The van der Waals surface area contributed by atoms with Crippen molar-refractivity contribution in [2.24, 2.45) is 7.05 Å². The highest BCUT2D eigenvalue weighted by Crippen LogP contribution is 2.11. The van der Waals surface area contributed by atoms with Crippen LogP contribution in [0.4, 0.5) is 4.39 Å². The van der Waals surface area contributed by atoms with E-state index in [1.165, 1.54) is 23.1 Å². The van der Waals surface area contributed by atoms with Crippen LogP contribution in [0.5, 0.6) is 0 Å². The molecule has 8 heteroatoms. The first kappa shape index (κ1) is 24.6. The minimum atomic E-state index is -0.489. The van der Waals surface area contributed by atoms with Crippen molar-refractivity contribution in [2.45, 2.75) is 19.9 Å². The van der Waals surface area contributed by atoms with Crippen molar-refractivity contribution in [3.05, 3.63) is 59.7 Å². The third-order valence-corrected chi connectivity index (χ3v) is 4.93. The molecule has 0 unspecified atom stereocenters. The highest BCUT2D eigenvalue weighted by Gasteiger charge is 2.23. The van der Waals surface area contributed by atoms with Crippen molar-refractivity contribution in [2.75, 3.05) is 46.6 Å². The average Bonchev–Trinajstić information content (AvgIpc) is 3.17. The van der Waals surface area contributed by atoms with Gasteiger partial charge in [-0.3, -0.25) is 9.59 Å². The minimum Gasteiger partial charge on any atom is -0.383 e. The molecule has 2 amide bonds. The summed E-state index contributed by atoms with van der Waals surface area (Å²) in [6.07, 6.45) is 2.50. The summed E-state index contributed by atoms with van der Waals surface area (Å²) in [7, 11) is 3.50. The molecular weight excluding hydrogens is 401 g/mol.